The van der Waals surface area contributed by atoms with Gasteiger partial charge in [-0.1, -0.05) is 188 Å². The molecule has 0 amide bonds. The summed E-state index contributed by atoms with van der Waals surface area (Å²) in [6.45, 7) is 5.37. The topological polar surface area (TPSA) is 91.3 Å². The van der Waals surface area contributed by atoms with Crippen molar-refractivity contribution in [1.29, 1.82) is 0 Å². The van der Waals surface area contributed by atoms with Gasteiger partial charge in [0, 0.05) is 13.0 Å². The minimum Gasteiger partial charge on any atom is -0.457 e. The highest BCUT2D eigenvalue weighted by molar-refractivity contribution is 7.47. The van der Waals surface area contributed by atoms with Crippen LogP contribution in [0.25, 0.3) is 0 Å². The van der Waals surface area contributed by atoms with Crippen LogP contribution in [-0.4, -0.2) is 75.6 Å². The number of hydrogen-bond donors (Lipinski definition) is 1. The molecule has 0 saturated heterocycles. The second-order valence-corrected chi connectivity index (χ2v) is 18.9. The predicted molar refractivity (Wildman–Crippen MR) is 270 cm³/mol. The second-order valence-electron chi connectivity index (χ2n) is 17.5. The number of ether oxygens (including phenoxy) is 2. The van der Waals surface area contributed by atoms with Gasteiger partial charge in [-0.15, -0.1) is 0 Å². The molecular formula is C54H95NO7P+. The van der Waals surface area contributed by atoms with Gasteiger partial charge in [-0.25, -0.2) is 4.57 Å². The molecule has 0 aromatic heterocycles. The summed E-state index contributed by atoms with van der Waals surface area (Å²) in [5, 5.41) is 0. The number of likely N-dealkylation sites (N-methyl/N-ethyl adjacent to an activating group) is 1. The van der Waals surface area contributed by atoms with Crippen molar-refractivity contribution in [3.8, 4) is 0 Å². The van der Waals surface area contributed by atoms with Crippen LogP contribution in [0.4, 0.5) is 0 Å². The zero-order valence-corrected chi connectivity index (χ0v) is 41.9. The van der Waals surface area contributed by atoms with Crippen LogP contribution in [0.3, 0.4) is 0 Å². The SMILES string of the molecule is CC/C=C\C/C=C\C/C=C\C/C=C\C/C=C\C/C=C\CCC(=O)OC(COCCCCCCCCCCCC/C=C\C/C=C\CCCCCCC)COP(=O)(O)OCC[N+](C)(C)C. The van der Waals surface area contributed by atoms with Crippen molar-refractivity contribution in [2.24, 2.45) is 0 Å². The van der Waals surface area contributed by atoms with Gasteiger partial charge in [-0.3, -0.25) is 13.8 Å². The summed E-state index contributed by atoms with van der Waals surface area (Å²) in [4.78, 5) is 22.9. The molecule has 0 aromatic rings. The van der Waals surface area contributed by atoms with E-state index in [0.29, 0.717) is 24.1 Å². The van der Waals surface area contributed by atoms with E-state index in [1.54, 1.807) is 0 Å². The number of allylic oxidation sites excluding steroid dienone is 16. The van der Waals surface area contributed by atoms with E-state index in [4.69, 9.17) is 18.5 Å². The van der Waals surface area contributed by atoms with E-state index >= 15 is 0 Å². The number of quaternary nitrogens is 1. The lowest BCUT2D eigenvalue weighted by atomic mass is 10.1. The highest BCUT2D eigenvalue weighted by Crippen LogP contribution is 2.43. The van der Waals surface area contributed by atoms with Gasteiger partial charge in [0.05, 0.1) is 34.4 Å². The van der Waals surface area contributed by atoms with Gasteiger partial charge in [0.15, 0.2) is 0 Å². The third-order valence-corrected chi connectivity index (χ3v) is 11.1. The molecule has 0 saturated carbocycles. The van der Waals surface area contributed by atoms with Gasteiger partial charge in [0.25, 0.3) is 0 Å². The number of carbonyl (C=O) groups excluding carboxylic acids is 1. The summed E-state index contributed by atoms with van der Waals surface area (Å²) >= 11 is 0. The Labute approximate surface area is 387 Å². The largest absolute Gasteiger partial charge is 0.472 e. The molecular weight excluding hydrogens is 806 g/mol. The van der Waals surface area contributed by atoms with Gasteiger partial charge in [-0.05, 0) is 83.5 Å². The van der Waals surface area contributed by atoms with Crippen molar-refractivity contribution < 1.29 is 37.3 Å². The first-order valence-corrected chi connectivity index (χ1v) is 26.5. The molecule has 0 spiro atoms. The second kappa shape index (κ2) is 46.0. The Morgan fingerprint density at radius 3 is 1.38 bits per heavy atom. The maximum Gasteiger partial charge on any atom is 0.472 e. The van der Waals surface area contributed by atoms with E-state index in [1.807, 2.05) is 33.3 Å². The molecule has 0 rings (SSSR count). The third kappa shape index (κ3) is 50.3. The molecule has 9 heteroatoms. The zero-order valence-electron chi connectivity index (χ0n) is 41.0. The van der Waals surface area contributed by atoms with Crippen LogP contribution in [-0.2, 0) is 27.9 Å². The van der Waals surface area contributed by atoms with Gasteiger partial charge in [0.1, 0.15) is 19.3 Å². The Hall–Kier alpha value is -2.58. The van der Waals surface area contributed by atoms with Crippen LogP contribution in [0.1, 0.15) is 181 Å². The first-order chi connectivity index (χ1) is 30.6. The molecule has 0 aliphatic heterocycles. The highest BCUT2D eigenvalue weighted by atomic mass is 31.2. The van der Waals surface area contributed by atoms with Crippen molar-refractivity contribution in [2.75, 3.05) is 54.1 Å². The normalized spacial score (nSPS) is 14.4. The first-order valence-electron chi connectivity index (χ1n) is 25.0. The number of esters is 1. The Bertz CT molecular complexity index is 1320. The lowest BCUT2D eigenvalue weighted by Gasteiger charge is -2.24. The number of phosphoric acid groups is 1. The minimum absolute atomic E-state index is 0.0693. The monoisotopic (exact) mass is 901 g/mol. The predicted octanol–water partition coefficient (Wildman–Crippen LogP) is 15.4. The summed E-state index contributed by atoms with van der Waals surface area (Å²) < 4.78 is 35.0. The van der Waals surface area contributed by atoms with Crippen molar-refractivity contribution in [2.45, 2.75) is 187 Å². The minimum atomic E-state index is -4.31. The fraction of sp³-hybridized carbons (Fsp3) is 0.685. The zero-order chi connectivity index (χ0) is 46.2. The smallest absolute Gasteiger partial charge is 0.457 e. The maximum atomic E-state index is 12.7. The Kier molecular flexibility index (Phi) is 44.1. The molecule has 2 atom stereocenters. The Morgan fingerprint density at radius 1 is 0.508 bits per heavy atom. The van der Waals surface area contributed by atoms with Crippen LogP contribution < -0.4 is 0 Å². The number of rotatable bonds is 45. The van der Waals surface area contributed by atoms with Gasteiger partial charge < -0.3 is 18.9 Å². The fourth-order valence-electron chi connectivity index (χ4n) is 6.31. The van der Waals surface area contributed by atoms with E-state index in [0.717, 1.165) is 57.8 Å². The highest BCUT2D eigenvalue weighted by Gasteiger charge is 2.26. The Morgan fingerprint density at radius 2 is 0.921 bits per heavy atom. The molecule has 0 aliphatic rings. The quantitative estimate of drug-likeness (QED) is 0.0214. The van der Waals surface area contributed by atoms with E-state index in [2.05, 4.69) is 98.9 Å². The number of phosphoric ester groups is 1. The average molecular weight is 901 g/mol. The van der Waals surface area contributed by atoms with E-state index in [1.165, 1.54) is 96.3 Å². The summed E-state index contributed by atoms with van der Waals surface area (Å²) in [7, 11) is 1.61. The summed E-state index contributed by atoms with van der Waals surface area (Å²) in [6.07, 6.45) is 63.3. The number of hydrogen-bond acceptors (Lipinski definition) is 6. The molecule has 0 radical (unpaired) electrons. The fourth-order valence-corrected chi connectivity index (χ4v) is 7.06. The van der Waals surface area contributed by atoms with E-state index < -0.39 is 19.9 Å². The molecule has 362 valence electrons. The van der Waals surface area contributed by atoms with Gasteiger partial charge >= 0.3 is 13.8 Å². The number of nitrogens with zero attached hydrogens (tertiary/aromatic N) is 1. The van der Waals surface area contributed by atoms with E-state index in [-0.39, 0.29) is 26.2 Å². The molecule has 2 unspecified atom stereocenters. The molecule has 0 heterocycles. The molecule has 63 heavy (non-hydrogen) atoms. The summed E-state index contributed by atoms with van der Waals surface area (Å²) in [5.74, 6) is -0.399. The first kappa shape index (κ1) is 60.4. The van der Waals surface area contributed by atoms with Crippen molar-refractivity contribution in [3.05, 3.63) is 97.2 Å². The van der Waals surface area contributed by atoms with E-state index in [9.17, 15) is 14.3 Å². The maximum absolute atomic E-state index is 12.7. The van der Waals surface area contributed by atoms with Gasteiger partial charge in [0.2, 0.25) is 0 Å². The third-order valence-electron chi connectivity index (χ3n) is 10.1. The lowest BCUT2D eigenvalue weighted by Crippen LogP contribution is -2.37. The van der Waals surface area contributed by atoms with Crippen LogP contribution in [0.5, 0.6) is 0 Å². The molecule has 0 fully saturated rings. The molecule has 0 aromatic carbocycles. The summed E-state index contributed by atoms with van der Waals surface area (Å²) in [6, 6.07) is 0. The summed E-state index contributed by atoms with van der Waals surface area (Å²) in [5.41, 5.74) is 0. The molecule has 0 bridgehead atoms. The Balaban J connectivity index is 4.29. The molecule has 0 aliphatic carbocycles. The lowest BCUT2D eigenvalue weighted by molar-refractivity contribution is -0.870. The number of carbonyl (C=O) groups is 1. The number of unbranched alkanes of at least 4 members (excludes halogenated alkanes) is 15. The van der Waals surface area contributed by atoms with Crippen LogP contribution in [0.2, 0.25) is 0 Å². The van der Waals surface area contributed by atoms with Crippen molar-refractivity contribution in [3.63, 3.8) is 0 Å². The molecule has 1 N–H and O–H groups in total. The average Bonchev–Trinajstić information content (AvgIpc) is 3.24. The standard InChI is InChI=1S/C54H94NO7P/c1-6-8-10-12-14-16-18-20-22-24-26-27-28-30-32-34-36-38-40-42-44-46-49-59-51-53(52-61-63(57,58)60-50-48-55(3,4)5)62-54(56)47-45-43-41-39-37-35-33-31-29-25-23-21-19-17-15-13-11-9-7-2/h9,11,15,17-18,20-21,23-24,26,29,31,35,37,41,43,53H,6-8,10,12-14,16,19,22,25,27-28,30,32-34,36,38-40,42,44-52H2,1-5H3/p+1/b11-9-,17-15-,20-18-,23-21-,26-24-,31-29-,37-35-,43-41-. The molecule has 8 nitrogen and oxygen atoms in total. The van der Waals surface area contributed by atoms with Crippen LogP contribution >= 0.6 is 7.82 Å². The van der Waals surface area contributed by atoms with Crippen LogP contribution in [0.15, 0.2) is 97.2 Å². The van der Waals surface area contributed by atoms with Gasteiger partial charge in [-0.2, -0.15) is 0 Å². The van der Waals surface area contributed by atoms with Crippen LogP contribution in [0, 0.1) is 0 Å². The van der Waals surface area contributed by atoms with Crippen molar-refractivity contribution in [1.82, 2.24) is 0 Å². The van der Waals surface area contributed by atoms with Crippen molar-refractivity contribution >= 4 is 13.8 Å².